The number of hydrogen-bond acceptors (Lipinski definition) is 4. The van der Waals surface area contributed by atoms with Crippen molar-refractivity contribution in [3.63, 3.8) is 0 Å². The van der Waals surface area contributed by atoms with Crippen molar-refractivity contribution in [3.05, 3.63) is 136 Å². The largest absolute Gasteiger partial charge is 0.384 e. The van der Waals surface area contributed by atoms with E-state index in [-0.39, 0.29) is 11.7 Å². The second kappa shape index (κ2) is 19.6. The number of hydrogen-bond donors (Lipinski definition) is 3. The lowest BCUT2D eigenvalue weighted by atomic mass is 10.1. The number of nitrogens with zero attached hydrogens (tertiary/aromatic N) is 3. The summed E-state index contributed by atoms with van der Waals surface area (Å²) in [5.41, 5.74) is 19.5. The highest BCUT2D eigenvalue weighted by atomic mass is 16.2. The molecule has 7 nitrogen and oxygen atoms in total. The minimum atomic E-state index is 0.0256. The first-order chi connectivity index (χ1) is 24.9. The molecule has 51 heavy (non-hydrogen) atoms. The lowest BCUT2D eigenvalue weighted by Gasteiger charge is -2.23. The van der Waals surface area contributed by atoms with Crippen molar-refractivity contribution in [3.8, 4) is 0 Å². The van der Waals surface area contributed by atoms with Crippen LogP contribution in [0.4, 0.5) is 0 Å². The number of fused-ring (bicyclic) bond motifs is 1. The summed E-state index contributed by atoms with van der Waals surface area (Å²) in [4.78, 5) is 21.4. The third kappa shape index (κ3) is 11.1. The zero-order valence-electron chi connectivity index (χ0n) is 30.5. The molecule has 0 aliphatic rings. The first kappa shape index (κ1) is 37.5. The topological polar surface area (TPSA) is 114 Å². The van der Waals surface area contributed by atoms with E-state index in [9.17, 15) is 4.79 Å². The molecule has 0 spiro atoms. The fourth-order valence-corrected chi connectivity index (χ4v) is 6.82. The van der Waals surface area contributed by atoms with E-state index >= 15 is 0 Å². The number of imidazole rings is 1. The number of benzene rings is 4. The number of amidine groups is 1. The first-order valence-corrected chi connectivity index (χ1v) is 19.0. The molecule has 1 heterocycles. The Balaban J connectivity index is 1.34. The summed E-state index contributed by atoms with van der Waals surface area (Å²) in [6.45, 7) is 4.88. The molecule has 0 saturated carbocycles. The predicted molar refractivity (Wildman–Crippen MR) is 211 cm³/mol. The maximum Gasteiger partial charge on any atom is 0.254 e. The van der Waals surface area contributed by atoms with Crippen molar-refractivity contribution < 1.29 is 4.79 Å². The van der Waals surface area contributed by atoms with Gasteiger partial charge in [0.2, 0.25) is 0 Å². The summed E-state index contributed by atoms with van der Waals surface area (Å²) < 4.78 is 2.38. The number of rotatable bonds is 21. The monoisotopic (exact) mass is 684 g/mol. The molecule has 1 aromatic heterocycles. The molecule has 0 atom stereocenters. The molecule has 0 fully saturated rings. The normalized spacial score (nSPS) is 11.3. The van der Waals surface area contributed by atoms with Gasteiger partial charge in [0.25, 0.3) is 5.91 Å². The van der Waals surface area contributed by atoms with Gasteiger partial charge >= 0.3 is 0 Å². The lowest BCUT2D eigenvalue weighted by Crippen LogP contribution is -2.31. The van der Waals surface area contributed by atoms with Crippen LogP contribution in [0.25, 0.3) is 11.0 Å². The fourth-order valence-electron chi connectivity index (χ4n) is 6.82. The van der Waals surface area contributed by atoms with Gasteiger partial charge in [-0.1, -0.05) is 131 Å². The molecule has 0 aliphatic carbocycles. The maximum absolute atomic E-state index is 14.2. The molecule has 1 amide bonds. The summed E-state index contributed by atoms with van der Waals surface area (Å²) in [5.74, 6) is 1.16. The Morgan fingerprint density at radius 3 is 2.02 bits per heavy atom. The Bertz CT molecular complexity index is 1810. The second-order valence-electron chi connectivity index (χ2n) is 13.8. The molecule has 5 rings (SSSR count). The maximum atomic E-state index is 14.2. The Hall–Kier alpha value is -4.75. The SMILES string of the molecule is CCCCCCCCCCn1c(CCc2ccc(C(=N)N)cc2)nc2cc(C(=O)N(CCCc3ccccc3)Cc3ccc(CN)cc3)ccc21. The van der Waals surface area contributed by atoms with E-state index in [2.05, 4.69) is 66.1 Å². The van der Waals surface area contributed by atoms with E-state index in [4.69, 9.17) is 21.9 Å². The van der Waals surface area contributed by atoms with Crippen molar-refractivity contribution in [2.45, 2.75) is 104 Å². The summed E-state index contributed by atoms with van der Waals surface area (Å²) in [6.07, 6.45) is 13.6. The van der Waals surface area contributed by atoms with Crippen LogP contribution in [0.3, 0.4) is 0 Å². The number of aryl methyl sites for hydroxylation is 4. The highest BCUT2D eigenvalue weighted by Gasteiger charge is 2.19. The lowest BCUT2D eigenvalue weighted by molar-refractivity contribution is 0.0741. The Morgan fingerprint density at radius 2 is 1.33 bits per heavy atom. The van der Waals surface area contributed by atoms with Crippen LogP contribution in [0.1, 0.15) is 109 Å². The summed E-state index contributed by atoms with van der Waals surface area (Å²) in [5, 5.41) is 7.72. The van der Waals surface area contributed by atoms with Crippen LogP contribution in [0.15, 0.2) is 97.1 Å². The zero-order chi connectivity index (χ0) is 35.8. The van der Waals surface area contributed by atoms with Gasteiger partial charge < -0.3 is 20.9 Å². The number of unbranched alkanes of at least 4 members (excludes halogenated alkanes) is 7. The van der Waals surface area contributed by atoms with Gasteiger partial charge in [-0.15, -0.1) is 0 Å². The average Bonchev–Trinajstić information content (AvgIpc) is 3.51. The van der Waals surface area contributed by atoms with Crippen LogP contribution in [0.5, 0.6) is 0 Å². The van der Waals surface area contributed by atoms with Crippen molar-refractivity contribution in [1.29, 1.82) is 5.41 Å². The minimum absolute atomic E-state index is 0.0256. The van der Waals surface area contributed by atoms with Crippen molar-refractivity contribution >= 4 is 22.8 Å². The van der Waals surface area contributed by atoms with Crippen LogP contribution in [-0.2, 0) is 38.9 Å². The van der Waals surface area contributed by atoms with Gasteiger partial charge in [-0.05, 0) is 66.1 Å². The summed E-state index contributed by atoms with van der Waals surface area (Å²) in [6, 6.07) is 32.7. The van der Waals surface area contributed by atoms with E-state index < -0.39 is 0 Å². The molecule has 0 unspecified atom stereocenters. The predicted octanol–water partition coefficient (Wildman–Crippen LogP) is 8.98. The van der Waals surface area contributed by atoms with E-state index in [1.165, 1.54) is 56.1 Å². The summed E-state index contributed by atoms with van der Waals surface area (Å²) >= 11 is 0. The smallest absolute Gasteiger partial charge is 0.254 e. The van der Waals surface area contributed by atoms with Gasteiger partial charge in [0.1, 0.15) is 11.7 Å². The van der Waals surface area contributed by atoms with E-state index in [1.54, 1.807) is 0 Å². The van der Waals surface area contributed by atoms with E-state index in [0.717, 1.165) is 72.2 Å². The third-order valence-electron chi connectivity index (χ3n) is 9.87. The molecule has 0 radical (unpaired) electrons. The molecule has 7 heteroatoms. The molecular formula is C44H56N6O. The molecule has 0 saturated heterocycles. The molecule has 4 aromatic carbocycles. The number of amides is 1. The zero-order valence-corrected chi connectivity index (χ0v) is 30.5. The first-order valence-electron chi connectivity index (χ1n) is 19.0. The highest BCUT2D eigenvalue weighted by Crippen LogP contribution is 2.23. The molecule has 5 N–H and O–H groups in total. The number of carbonyl (C=O) groups excluding carboxylic acids is 1. The standard InChI is InChI=1S/C44H56N6O/c1-2-3-4-5-6-7-8-12-30-50-41-27-26-39(31-40(41)48-42(50)28-23-35-21-24-38(25-22-35)43(46)47)44(51)49(29-13-16-34-14-10-9-11-15-34)33-37-19-17-36(32-45)18-20-37/h9-11,14-15,17-22,24-27,31H,2-8,12-13,16,23,28-30,32-33,45H2,1H3,(H3,46,47). The second-order valence-corrected chi connectivity index (χ2v) is 13.8. The Morgan fingerprint density at radius 1 is 0.706 bits per heavy atom. The van der Waals surface area contributed by atoms with Gasteiger partial charge in [0.05, 0.1) is 11.0 Å². The molecule has 268 valence electrons. The van der Waals surface area contributed by atoms with E-state index in [1.807, 2.05) is 47.4 Å². The van der Waals surface area contributed by atoms with Crippen LogP contribution in [0.2, 0.25) is 0 Å². The number of aromatic nitrogens is 2. The van der Waals surface area contributed by atoms with Crippen LogP contribution in [-0.4, -0.2) is 32.7 Å². The van der Waals surface area contributed by atoms with Gasteiger partial charge in [0.15, 0.2) is 0 Å². The minimum Gasteiger partial charge on any atom is -0.384 e. The average molecular weight is 685 g/mol. The Labute approximate surface area is 304 Å². The number of nitrogen functional groups attached to an aromatic ring is 1. The van der Waals surface area contributed by atoms with Gasteiger partial charge in [-0.2, -0.15) is 0 Å². The number of nitrogens with one attached hydrogen (secondary N) is 1. The van der Waals surface area contributed by atoms with Crippen LogP contribution >= 0.6 is 0 Å². The fraction of sp³-hybridized carbons (Fsp3) is 0.386. The third-order valence-corrected chi connectivity index (χ3v) is 9.87. The number of nitrogens with two attached hydrogens (primary N) is 2. The Kier molecular flexibility index (Phi) is 14.4. The molecule has 0 bridgehead atoms. The van der Waals surface area contributed by atoms with Crippen molar-refractivity contribution in [2.75, 3.05) is 6.54 Å². The molecule has 5 aromatic rings. The van der Waals surface area contributed by atoms with Crippen molar-refractivity contribution in [1.82, 2.24) is 14.5 Å². The quantitative estimate of drug-likeness (QED) is 0.0407. The van der Waals surface area contributed by atoms with Gasteiger partial charge in [-0.3, -0.25) is 10.2 Å². The number of carbonyl (C=O) groups is 1. The van der Waals surface area contributed by atoms with Crippen LogP contribution in [0, 0.1) is 5.41 Å². The van der Waals surface area contributed by atoms with Crippen LogP contribution < -0.4 is 11.5 Å². The molecular weight excluding hydrogens is 629 g/mol. The van der Waals surface area contributed by atoms with E-state index in [0.29, 0.717) is 25.2 Å². The van der Waals surface area contributed by atoms with Gasteiger partial charge in [-0.25, -0.2) is 4.98 Å². The summed E-state index contributed by atoms with van der Waals surface area (Å²) in [7, 11) is 0. The highest BCUT2D eigenvalue weighted by molar-refractivity contribution is 5.97. The molecule has 0 aliphatic heterocycles. The van der Waals surface area contributed by atoms with Crippen molar-refractivity contribution in [2.24, 2.45) is 11.5 Å². The van der Waals surface area contributed by atoms with Gasteiger partial charge in [0, 0.05) is 43.7 Å².